The molecule has 0 aliphatic rings. The van der Waals surface area contributed by atoms with E-state index in [9.17, 15) is 0 Å². The maximum absolute atomic E-state index is 6.35. The van der Waals surface area contributed by atoms with Crippen molar-refractivity contribution in [2.24, 2.45) is 0 Å². The molecule has 0 heterocycles. The molecule has 0 fully saturated rings. The van der Waals surface area contributed by atoms with Crippen molar-refractivity contribution < 1.29 is 14.2 Å². The molecule has 0 aliphatic carbocycles. The van der Waals surface area contributed by atoms with Crippen molar-refractivity contribution in [2.45, 2.75) is 39.4 Å². The molecular weight excluding hydrogens is 432 g/mol. The minimum atomic E-state index is -0.369. The summed E-state index contributed by atoms with van der Waals surface area (Å²) in [5, 5.41) is 0. The summed E-state index contributed by atoms with van der Waals surface area (Å²) in [6, 6.07) is 35.2. The van der Waals surface area contributed by atoms with Gasteiger partial charge in [0, 0.05) is 11.1 Å². The highest BCUT2D eigenvalue weighted by atomic mass is 16.7. The monoisotopic (exact) mass is 466 g/mol. The lowest BCUT2D eigenvalue weighted by molar-refractivity contribution is -0.0738. The van der Waals surface area contributed by atoms with Crippen LogP contribution in [0.5, 0.6) is 11.5 Å². The highest BCUT2D eigenvalue weighted by Crippen LogP contribution is 2.39. The topological polar surface area (TPSA) is 27.7 Å². The van der Waals surface area contributed by atoms with Gasteiger partial charge in [-0.1, -0.05) is 105 Å². The van der Waals surface area contributed by atoms with E-state index in [1.807, 2.05) is 55.5 Å². The van der Waals surface area contributed by atoms with Crippen LogP contribution in [0.1, 0.15) is 38.7 Å². The fraction of sp³-hybridized carbons (Fsp3) is 0.250. The van der Waals surface area contributed by atoms with Gasteiger partial charge in [-0.15, -0.1) is 0 Å². The van der Waals surface area contributed by atoms with Crippen LogP contribution in [0.3, 0.4) is 0 Å². The summed E-state index contributed by atoms with van der Waals surface area (Å²) < 4.78 is 18.2. The first-order chi connectivity index (χ1) is 17.2. The molecule has 0 amide bonds. The molecule has 4 aromatic carbocycles. The van der Waals surface area contributed by atoms with Gasteiger partial charge >= 0.3 is 0 Å². The van der Waals surface area contributed by atoms with Crippen molar-refractivity contribution in [1.29, 1.82) is 0 Å². The van der Waals surface area contributed by atoms with Gasteiger partial charge in [-0.3, -0.25) is 0 Å². The lowest BCUT2D eigenvalue weighted by Gasteiger charge is -2.19. The average molecular weight is 467 g/mol. The number of hydrogen-bond donors (Lipinski definition) is 0. The van der Waals surface area contributed by atoms with Gasteiger partial charge in [0.2, 0.25) is 0 Å². The summed E-state index contributed by atoms with van der Waals surface area (Å²) in [4.78, 5) is 0. The van der Waals surface area contributed by atoms with E-state index in [-0.39, 0.29) is 6.29 Å². The molecule has 0 saturated carbocycles. The lowest BCUT2D eigenvalue weighted by atomic mass is 9.97. The molecule has 0 saturated heterocycles. The second-order valence-corrected chi connectivity index (χ2v) is 8.70. The SMILES string of the molecule is CCC(C)c1ccc(OC(C)OCCOc2c(-c3ccccc3)cccc2-c2ccccc2)cc1. The Kier molecular flexibility index (Phi) is 8.58. The molecule has 180 valence electrons. The number of rotatable bonds is 11. The summed E-state index contributed by atoms with van der Waals surface area (Å²) in [7, 11) is 0. The Labute approximate surface area is 209 Å². The molecule has 0 N–H and O–H groups in total. The van der Waals surface area contributed by atoms with Crippen LogP contribution in [0.2, 0.25) is 0 Å². The first kappa shape index (κ1) is 24.6. The van der Waals surface area contributed by atoms with Gasteiger partial charge in [0.25, 0.3) is 0 Å². The van der Waals surface area contributed by atoms with Crippen LogP contribution < -0.4 is 9.47 Å². The molecule has 4 rings (SSSR count). The molecule has 0 aromatic heterocycles. The van der Waals surface area contributed by atoms with Crippen molar-refractivity contribution in [1.82, 2.24) is 0 Å². The Morgan fingerprint density at radius 1 is 0.629 bits per heavy atom. The molecule has 2 unspecified atom stereocenters. The van der Waals surface area contributed by atoms with Gasteiger partial charge in [0.15, 0.2) is 6.29 Å². The molecule has 0 radical (unpaired) electrons. The van der Waals surface area contributed by atoms with Crippen LogP contribution in [0.25, 0.3) is 22.3 Å². The second kappa shape index (κ2) is 12.2. The van der Waals surface area contributed by atoms with Gasteiger partial charge in [0.1, 0.15) is 18.1 Å². The average Bonchev–Trinajstić information content (AvgIpc) is 2.92. The molecular formula is C32H34O3. The number of para-hydroxylation sites is 1. The zero-order valence-electron chi connectivity index (χ0n) is 20.8. The van der Waals surface area contributed by atoms with Gasteiger partial charge in [-0.2, -0.15) is 0 Å². The zero-order valence-corrected chi connectivity index (χ0v) is 20.8. The number of hydrogen-bond acceptors (Lipinski definition) is 3. The fourth-order valence-corrected chi connectivity index (χ4v) is 4.08. The Morgan fingerprint density at radius 3 is 1.74 bits per heavy atom. The Bertz CT molecular complexity index is 1110. The smallest absolute Gasteiger partial charge is 0.197 e. The third-order valence-corrected chi connectivity index (χ3v) is 6.23. The molecule has 4 aromatic rings. The second-order valence-electron chi connectivity index (χ2n) is 8.70. The van der Waals surface area contributed by atoms with Crippen molar-refractivity contribution in [2.75, 3.05) is 13.2 Å². The Morgan fingerprint density at radius 2 is 1.20 bits per heavy atom. The highest BCUT2D eigenvalue weighted by molar-refractivity contribution is 5.82. The van der Waals surface area contributed by atoms with Gasteiger partial charge in [-0.25, -0.2) is 0 Å². The molecule has 2 atom stereocenters. The lowest BCUT2D eigenvalue weighted by Crippen LogP contribution is -2.20. The van der Waals surface area contributed by atoms with E-state index < -0.39 is 0 Å². The normalized spacial score (nSPS) is 12.7. The summed E-state index contributed by atoms with van der Waals surface area (Å²) in [6.45, 7) is 7.19. The van der Waals surface area contributed by atoms with Crippen molar-refractivity contribution in [3.63, 3.8) is 0 Å². The maximum Gasteiger partial charge on any atom is 0.197 e. The minimum Gasteiger partial charge on any atom is -0.490 e. The van der Waals surface area contributed by atoms with Crippen molar-refractivity contribution in [3.05, 3.63) is 109 Å². The summed E-state index contributed by atoms with van der Waals surface area (Å²) in [6.07, 6.45) is 0.755. The van der Waals surface area contributed by atoms with Crippen molar-refractivity contribution >= 4 is 0 Å². The van der Waals surface area contributed by atoms with E-state index in [1.165, 1.54) is 5.56 Å². The maximum atomic E-state index is 6.35. The third kappa shape index (κ3) is 6.52. The number of benzene rings is 4. The van der Waals surface area contributed by atoms with Crippen molar-refractivity contribution in [3.8, 4) is 33.8 Å². The van der Waals surface area contributed by atoms with E-state index in [1.54, 1.807) is 0 Å². The molecule has 3 nitrogen and oxygen atoms in total. The van der Waals surface area contributed by atoms with Crippen LogP contribution in [0.4, 0.5) is 0 Å². The quantitative estimate of drug-likeness (QED) is 0.164. The fourth-order valence-electron chi connectivity index (χ4n) is 4.08. The van der Waals surface area contributed by atoms with Crippen LogP contribution >= 0.6 is 0 Å². The van der Waals surface area contributed by atoms with Gasteiger partial charge in [0.05, 0.1) is 6.61 Å². The molecule has 0 bridgehead atoms. The highest BCUT2D eigenvalue weighted by Gasteiger charge is 2.14. The molecule has 3 heteroatoms. The molecule has 0 spiro atoms. The van der Waals surface area contributed by atoms with E-state index >= 15 is 0 Å². The zero-order chi connectivity index (χ0) is 24.5. The summed E-state index contributed by atoms with van der Waals surface area (Å²) in [5.74, 6) is 2.23. The van der Waals surface area contributed by atoms with Crippen LogP contribution in [0.15, 0.2) is 103 Å². The first-order valence-corrected chi connectivity index (χ1v) is 12.4. The largest absolute Gasteiger partial charge is 0.490 e. The van der Waals surface area contributed by atoms with Gasteiger partial charge in [-0.05, 0) is 48.1 Å². The Balaban J connectivity index is 1.41. The third-order valence-electron chi connectivity index (χ3n) is 6.23. The van der Waals surface area contributed by atoms with Gasteiger partial charge < -0.3 is 14.2 Å². The number of ether oxygens (including phenoxy) is 3. The Hall–Kier alpha value is -3.56. The van der Waals surface area contributed by atoms with E-state index in [0.29, 0.717) is 19.1 Å². The summed E-state index contributed by atoms with van der Waals surface area (Å²) in [5.41, 5.74) is 5.71. The molecule has 0 aliphatic heterocycles. The predicted octanol–water partition coefficient (Wildman–Crippen LogP) is 8.35. The first-order valence-electron chi connectivity index (χ1n) is 12.4. The van der Waals surface area contributed by atoms with Crippen LogP contribution in [-0.2, 0) is 4.74 Å². The van der Waals surface area contributed by atoms with Crippen LogP contribution in [-0.4, -0.2) is 19.5 Å². The van der Waals surface area contributed by atoms with E-state index in [4.69, 9.17) is 14.2 Å². The summed E-state index contributed by atoms with van der Waals surface area (Å²) >= 11 is 0. The molecule has 35 heavy (non-hydrogen) atoms. The van der Waals surface area contributed by atoms with Crippen LogP contribution in [0, 0.1) is 0 Å². The predicted molar refractivity (Wildman–Crippen MR) is 144 cm³/mol. The van der Waals surface area contributed by atoms with E-state index in [0.717, 1.165) is 40.2 Å². The minimum absolute atomic E-state index is 0.369. The standard InChI is InChI=1S/C32H34O3/c1-4-24(2)26-18-20-29(21-19-26)35-25(3)33-22-23-34-32-30(27-12-7-5-8-13-27)16-11-17-31(32)28-14-9-6-10-15-28/h5-21,24-25H,4,22-23H2,1-3H3. The van der Waals surface area contributed by atoms with E-state index in [2.05, 4.69) is 68.4 Å².